The molecule has 1 rings (SSSR count). The first kappa shape index (κ1) is 6.55. The van der Waals surface area contributed by atoms with Crippen molar-refractivity contribution in [2.45, 2.75) is 32.2 Å². The summed E-state index contributed by atoms with van der Waals surface area (Å²) in [6, 6.07) is 0. The molecule has 1 fully saturated rings. The van der Waals surface area contributed by atoms with Crippen molar-refractivity contribution in [1.29, 1.82) is 0 Å². The minimum absolute atomic E-state index is 0.278. The van der Waals surface area contributed by atoms with Crippen LogP contribution >= 0.6 is 0 Å². The van der Waals surface area contributed by atoms with Crippen molar-refractivity contribution >= 4 is 5.91 Å². The molecule has 0 bridgehead atoms. The van der Waals surface area contributed by atoms with Crippen LogP contribution in [0.25, 0.3) is 0 Å². The number of hydrogen-bond acceptors (Lipinski definition) is 2. The first-order chi connectivity index (χ1) is 4.04. The van der Waals surface area contributed by atoms with Crippen molar-refractivity contribution in [1.82, 2.24) is 5.06 Å². The summed E-state index contributed by atoms with van der Waals surface area (Å²) < 4.78 is 0. The second-order valence-corrected chi connectivity index (χ2v) is 3.00. The summed E-state index contributed by atoms with van der Waals surface area (Å²) in [7, 11) is 0. The third-order valence-corrected chi connectivity index (χ3v) is 1.73. The molecule has 0 atom stereocenters. The maximum absolute atomic E-state index is 10.8. The van der Waals surface area contributed by atoms with Crippen molar-refractivity contribution in [3.8, 4) is 0 Å². The van der Waals surface area contributed by atoms with Crippen LogP contribution in [0.15, 0.2) is 0 Å². The molecular formula is C6H10NO2-. The lowest BCUT2D eigenvalue weighted by atomic mass is 10.0. The maximum Gasteiger partial charge on any atom is 0.212 e. The van der Waals surface area contributed by atoms with E-state index in [2.05, 4.69) is 0 Å². The molecule has 0 spiro atoms. The van der Waals surface area contributed by atoms with Crippen LogP contribution in [0.3, 0.4) is 0 Å². The average Bonchev–Trinajstić information content (AvgIpc) is 1.97. The molecule has 0 aliphatic carbocycles. The van der Waals surface area contributed by atoms with E-state index in [9.17, 15) is 10.0 Å². The highest BCUT2D eigenvalue weighted by atomic mass is 16.5. The molecule has 1 aliphatic rings. The van der Waals surface area contributed by atoms with Gasteiger partial charge in [0, 0.05) is 12.0 Å². The summed E-state index contributed by atoms with van der Waals surface area (Å²) in [5.41, 5.74) is -0.447. The molecule has 0 aromatic rings. The lowest BCUT2D eigenvalue weighted by Gasteiger charge is -2.37. The van der Waals surface area contributed by atoms with Gasteiger partial charge in [-0.25, -0.2) is 0 Å². The van der Waals surface area contributed by atoms with Crippen molar-refractivity contribution < 1.29 is 4.79 Å². The van der Waals surface area contributed by atoms with Crippen LogP contribution in [0.5, 0.6) is 0 Å². The van der Waals surface area contributed by atoms with Gasteiger partial charge in [-0.05, 0) is 20.3 Å². The van der Waals surface area contributed by atoms with Gasteiger partial charge in [0.15, 0.2) is 0 Å². The molecular weight excluding hydrogens is 118 g/mol. The molecule has 1 heterocycles. The van der Waals surface area contributed by atoms with Crippen LogP contribution in [0.4, 0.5) is 0 Å². The van der Waals surface area contributed by atoms with Crippen LogP contribution in [0.2, 0.25) is 0 Å². The van der Waals surface area contributed by atoms with Crippen molar-refractivity contribution in [2.75, 3.05) is 0 Å². The van der Waals surface area contributed by atoms with E-state index in [-0.39, 0.29) is 5.91 Å². The Balaban J connectivity index is 2.73. The number of amides is 1. The Kier molecular flexibility index (Phi) is 1.24. The van der Waals surface area contributed by atoms with Crippen LogP contribution in [0.1, 0.15) is 26.7 Å². The number of rotatable bonds is 0. The summed E-state index contributed by atoms with van der Waals surface area (Å²) in [5, 5.41) is 11.4. The van der Waals surface area contributed by atoms with Crippen molar-refractivity contribution in [3.05, 3.63) is 5.21 Å². The maximum atomic E-state index is 10.8. The molecule has 3 nitrogen and oxygen atoms in total. The quantitative estimate of drug-likeness (QED) is 0.486. The predicted molar refractivity (Wildman–Crippen MR) is 33.5 cm³/mol. The fourth-order valence-corrected chi connectivity index (χ4v) is 0.954. The smallest absolute Gasteiger partial charge is 0.212 e. The molecule has 0 N–H and O–H groups in total. The molecule has 3 heteroatoms. The highest BCUT2D eigenvalue weighted by Gasteiger charge is 2.30. The highest BCUT2D eigenvalue weighted by molar-refractivity contribution is 5.79. The van der Waals surface area contributed by atoms with Crippen LogP contribution in [0, 0.1) is 5.21 Å². The molecule has 0 aromatic carbocycles. The van der Waals surface area contributed by atoms with Gasteiger partial charge in [0.2, 0.25) is 5.91 Å². The lowest BCUT2D eigenvalue weighted by Crippen LogP contribution is -2.35. The van der Waals surface area contributed by atoms with E-state index in [1.54, 1.807) is 13.8 Å². The molecule has 0 saturated carbocycles. The van der Waals surface area contributed by atoms with Crippen LogP contribution in [-0.2, 0) is 4.79 Å². The number of hydrogen-bond donors (Lipinski definition) is 0. The first-order valence-electron chi connectivity index (χ1n) is 3.04. The second-order valence-electron chi connectivity index (χ2n) is 3.00. The zero-order valence-electron chi connectivity index (χ0n) is 5.68. The van der Waals surface area contributed by atoms with Gasteiger partial charge < -0.3 is 10.3 Å². The third kappa shape index (κ3) is 0.920. The minimum atomic E-state index is -0.447. The highest BCUT2D eigenvalue weighted by Crippen LogP contribution is 2.27. The average molecular weight is 128 g/mol. The van der Waals surface area contributed by atoms with E-state index in [1.165, 1.54) is 0 Å². The molecule has 1 aliphatic heterocycles. The molecule has 0 aromatic heterocycles. The fourth-order valence-electron chi connectivity index (χ4n) is 0.954. The van der Waals surface area contributed by atoms with E-state index >= 15 is 0 Å². The minimum Gasteiger partial charge on any atom is -0.756 e. The summed E-state index contributed by atoms with van der Waals surface area (Å²) in [4.78, 5) is 10.6. The van der Waals surface area contributed by atoms with E-state index in [0.29, 0.717) is 17.9 Å². The van der Waals surface area contributed by atoms with Gasteiger partial charge >= 0.3 is 0 Å². The SMILES string of the molecule is CC1(C)CCC(=O)N1[O-]. The zero-order chi connectivity index (χ0) is 7.07. The predicted octanol–water partition coefficient (Wildman–Crippen LogP) is 0.885. The Morgan fingerprint density at radius 1 is 1.67 bits per heavy atom. The number of carbonyl (C=O) groups is 1. The van der Waals surface area contributed by atoms with Gasteiger partial charge in [-0.1, -0.05) is 0 Å². The Morgan fingerprint density at radius 3 is 2.33 bits per heavy atom. The van der Waals surface area contributed by atoms with Gasteiger partial charge in [-0.15, -0.1) is 0 Å². The van der Waals surface area contributed by atoms with E-state index in [1.807, 2.05) is 0 Å². The molecule has 52 valence electrons. The molecule has 1 amide bonds. The number of nitrogens with zero attached hydrogens (tertiary/aromatic N) is 1. The summed E-state index contributed by atoms with van der Waals surface area (Å²) in [5.74, 6) is -0.278. The topological polar surface area (TPSA) is 43.4 Å². The summed E-state index contributed by atoms with van der Waals surface area (Å²) in [6.07, 6.45) is 1.10. The standard InChI is InChI=1S/C6H10NO2/c1-6(2)4-3-5(8)7(6)9/h3-4H2,1-2H3/q-1. The molecule has 0 radical (unpaired) electrons. The Bertz CT molecular complexity index is 142. The largest absolute Gasteiger partial charge is 0.756 e. The summed E-state index contributed by atoms with van der Waals surface area (Å²) >= 11 is 0. The van der Waals surface area contributed by atoms with Gasteiger partial charge in [0.1, 0.15) is 0 Å². The number of carbonyl (C=O) groups excluding carboxylic acids is 1. The Hall–Kier alpha value is -0.570. The van der Waals surface area contributed by atoms with Crippen molar-refractivity contribution in [3.63, 3.8) is 0 Å². The Morgan fingerprint density at radius 2 is 2.22 bits per heavy atom. The lowest BCUT2D eigenvalue weighted by molar-refractivity contribution is -0.127. The third-order valence-electron chi connectivity index (χ3n) is 1.73. The second kappa shape index (κ2) is 1.70. The van der Waals surface area contributed by atoms with E-state index in [4.69, 9.17) is 0 Å². The molecule has 0 unspecified atom stereocenters. The first-order valence-corrected chi connectivity index (χ1v) is 3.04. The normalized spacial score (nSPS) is 25.2. The van der Waals surface area contributed by atoms with Crippen LogP contribution < -0.4 is 0 Å². The molecule has 1 saturated heterocycles. The zero-order valence-corrected chi connectivity index (χ0v) is 5.68. The van der Waals surface area contributed by atoms with Gasteiger partial charge in [0.25, 0.3) is 0 Å². The van der Waals surface area contributed by atoms with Gasteiger partial charge in [-0.2, -0.15) is 0 Å². The van der Waals surface area contributed by atoms with Crippen LogP contribution in [-0.4, -0.2) is 16.5 Å². The van der Waals surface area contributed by atoms with Gasteiger partial charge in [0.05, 0.1) is 0 Å². The monoisotopic (exact) mass is 128 g/mol. The van der Waals surface area contributed by atoms with E-state index in [0.717, 1.165) is 0 Å². The molecule has 9 heavy (non-hydrogen) atoms. The van der Waals surface area contributed by atoms with Gasteiger partial charge in [-0.3, -0.25) is 4.79 Å². The summed E-state index contributed by atoms with van der Waals surface area (Å²) in [6.45, 7) is 3.57. The van der Waals surface area contributed by atoms with Crippen molar-refractivity contribution in [2.24, 2.45) is 0 Å². The van der Waals surface area contributed by atoms with E-state index < -0.39 is 5.54 Å². The number of hydroxylamine groups is 2. The fraction of sp³-hybridized carbons (Fsp3) is 0.833. The Labute approximate surface area is 54.2 Å².